The average molecular weight is 265 g/mol. The van der Waals surface area contributed by atoms with E-state index in [2.05, 4.69) is 38.7 Å². The lowest BCUT2D eigenvalue weighted by Gasteiger charge is -2.33. The first-order valence-electron chi connectivity index (χ1n) is 7.00. The van der Waals surface area contributed by atoms with Gasteiger partial charge in [0.1, 0.15) is 5.75 Å². The third kappa shape index (κ3) is 3.87. The number of anilines is 1. The lowest BCUT2D eigenvalue weighted by molar-refractivity contribution is 0.194. The molecule has 0 radical (unpaired) electrons. The largest absolute Gasteiger partial charge is 0.496 e. The molecule has 0 fully saturated rings. The van der Waals surface area contributed by atoms with Crippen LogP contribution in [0.4, 0.5) is 5.69 Å². The smallest absolute Gasteiger partial charge is 0.126 e. The normalized spacial score (nSPS) is 12.9. The molecule has 0 aliphatic heterocycles. The van der Waals surface area contributed by atoms with E-state index in [9.17, 15) is 5.11 Å². The average Bonchev–Trinajstić information content (AvgIpc) is 2.34. The molecule has 0 aromatic heterocycles. The SMILES string of the molecule is COc1cccc(N(CC(C)C)C(C)C)c1C(C)O. The van der Waals surface area contributed by atoms with E-state index in [0.29, 0.717) is 12.0 Å². The number of methoxy groups -OCH3 is 1. The molecule has 1 aromatic carbocycles. The molecule has 1 N–H and O–H groups in total. The predicted molar refractivity (Wildman–Crippen MR) is 80.9 cm³/mol. The van der Waals surface area contributed by atoms with Gasteiger partial charge in [-0.25, -0.2) is 0 Å². The molecule has 0 spiro atoms. The standard InChI is InChI=1S/C16H27NO2/c1-11(2)10-17(12(3)4)14-8-7-9-15(19-6)16(14)13(5)18/h7-9,11-13,18H,10H2,1-6H3. The van der Waals surface area contributed by atoms with Gasteiger partial charge in [0.15, 0.2) is 0 Å². The van der Waals surface area contributed by atoms with Crippen LogP contribution in [0, 0.1) is 5.92 Å². The van der Waals surface area contributed by atoms with Crippen molar-refractivity contribution in [2.24, 2.45) is 5.92 Å². The molecule has 0 bridgehead atoms. The van der Waals surface area contributed by atoms with Gasteiger partial charge >= 0.3 is 0 Å². The highest BCUT2D eigenvalue weighted by Gasteiger charge is 2.21. The van der Waals surface area contributed by atoms with Crippen LogP contribution in [0.5, 0.6) is 5.75 Å². The first-order chi connectivity index (χ1) is 8.88. The van der Waals surface area contributed by atoms with E-state index in [1.807, 2.05) is 12.1 Å². The third-order valence-corrected chi connectivity index (χ3v) is 3.18. The Morgan fingerprint density at radius 1 is 1.16 bits per heavy atom. The van der Waals surface area contributed by atoms with Crippen LogP contribution in [0.15, 0.2) is 18.2 Å². The van der Waals surface area contributed by atoms with Crippen LogP contribution in [0.25, 0.3) is 0 Å². The number of aliphatic hydroxyl groups excluding tert-OH is 1. The number of ether oxygens (including phenoxy) is 1. The first kappa shape index (κ1) is 15.8. The predicted octanol–water partition coefficient (Wildman–Crippen LogP) is 3.62. The van der Waals surface area contributed by atoms with Gasteiger partial charge in [-0.3, -0.25) is 0 Å². The molecule has 0 aliphatic rings. The number of aliphatic hydroxyl groups is 1. The second-order valence-electron chi connectivity index (χ2n) is 5.71. The highest BCUT2D eigenvalue weighted by Crippen LogP contribution is 2.35. The topological polar surface area (TPSA) is 32.7 Å². The van der Waals surface area contributed by atoms with Crippen LogP contribution in [0.2, 0.25) is 0 Å². The van der Waals surface area contributed by atoms with Gasteiger partial charge in [-0.05, 0) is 38.8 Å². The second-order valence-corrected chi connectivity index (χ2v) is 5.71. The molecule has 19 heavy (non-hydrogen) atoms. The Kier molecular flexibility index (Phi) is 5.67. The lowest BCUT2D eigenvalue weighted by atomic mass is 10.0. The van der Waals surface area contributed by atoms with Crippen molar-refractivity contribution in [3.8, 4) is 5.75 Å². The van der Waals surface area contributed by atoms with Gasteiger partial charge in [0, 0.05) is 23.8 Å². The van der Waals surface area contributed by atoms with E-state index in [-0.39, 0.29) is 0 Å². The summed E-state index contributed by atoms with van der Waals surface area (Å²) in [7, 11) is 1.65. The van der Waals surface area contributed by atoms with Gasteiger partial charge in [-0.1, -0.05) is 19.9 Å². The van der Waals surface area contributed by atoms with Crippen molar-refractivity contribution in [1.82, 2.24) is 0 Å². The Bertz CT molecular complexity index is 400. The van der Waals surface area contributed by atoms with E-state index in [1.54, 1.807) is 14.0 Å². The molecule has 3 heteroatoms. The van der Waals surface area contributed by atoms with E-state index < -0.39 is 6.10 Å². The summed E-state index contributed by atoms with van der Waals surface area (Å²) < 4.78 is 5.40. The second kappa shape index (κ2) is 6.80. The van der Waals surface area contributed by atoms with Crippen LogP contribution < -0.4 is 9.64 Å². The van der Waals surface area contributed by atoms with Gasteiger partial charge in [-0.15, -0.1) is 0 Å². The molecule has 0 saturated carbocycles. The van der Waals surface area contributed by atoms with E-state index in [0.717, 1.165) is 23.5 Å². The van der Waals surface area contributed by atoms with E-state index >= 15 is 0 Å². The van der Waals surface area contributed by atoms with Gasteiger partial charge in [0.2, 0.25) is 0 Å². The quantitative estimate of drug-likeness (QED) is 0.852. The maximum Gasteiger partial charge on any atom is 0.126 e. The van der Waals surface area contributed by atoms with Gasteiger partial charge in [0.25, 0.3) is 0 Å². The summed E-state index contributed by atoms with van der Waals surface area (Å²) in [6.45, 7) is 11.5. The lowest BCUT2D eigenvalue weighted by Crippen LogP contribution is -2.35. The van der Waals surface area contributed by atoms with Gasteiger partial charge in [0.05, 0.1) is 13.2 Å². The summed E-state index contributed by atoms with van der Waals surface area (Å²) in [4.78, 5) is 2.33. The summed E-state index contributed by atoms with van der Waals surface area (Å²) in [6, 6.07) is 6.33. The molecule has 108 valence electrons. The van der Waals surface area contributed by atoms with Crippen LogP contribution in [-0.4, -0.2) is 24.8 Å². The fourth-order valence-corrected chi connectivity index (χ4v) is 2.36. The molecule has 1 unspecified atom stereocenters. The van der Waals surface area contributed by atoms with Crippen molar-refractivity contribution in [1.29, 1.82) is 0 Å². The number of benzene rings is 1. The fraction of sp³-hybridized carbons (Fsp3) is 0.625. The van der Waals surface area contributed by atoms with Crippen molar-refractivity contribution in [2.45, 2.75) is 46.8 Å². The van der Waals surface area contributed by atoms with Crippen molar-refractivity contribution in [3.05, 3.63) is 23.8 Å². The molecule has 0 amide bonds. The summed E-state index contributed by atoms with van der Waals surface area (Å²) in [6.07, 6.45) is -0.542. The Balaban J connectivity index is 3.29. The van der Waals surface area contributed by atoms with Crippen molar-refractivity contribution >= 4 is 5.69 Å². The molecule has 3 nitrogen and oxygen atoms in total. The summed E-state index contributed by atoms with van der Waals surface area (Å²) in [5, 5.41) is 10.1. The molecule has 0 saturated heterocycles. The highest BCUT2D eigenvalue weighted by atomic mass is 16.5. The monoisotopic (exact) mass is 265 g/mol. The first-order valence-corrected chi connectivity index (χ1v) is 7.00. The van der Waals surface area contributed by atoms with Gasteiger partial charge < -0.3 is 14.7 Å². The Morgan fingerprint density at radius 2 is 1.79 bits per heavy atom. The van der Waals surface area contributed by atoms with E-state index in [4.69, 9.17) is 4.74 Å². The molecule has 1 aromatic rings. The van der Waals surface area contributed by atoms with Crippen LogP contribution >= 0.6 is 0 Å². The number of rotatable bonds is 6. The summed E-state index contributed by atoms with van der Waals surface area (Å²) in [5.41, 5.74) is 1.94. The Labute approximate surface area is 117 Å². The van der Waals surface area contributed by atoms with Crippen LogP contribution in [0.3, 0.4) is 0 Å². The summed E-state index contributed by atoms with van der Waals surface area (Å²) >= 11 is 0. The zero-order chi connectivity index (χ0) is 14.6. The maximum atomic E-state index is 10.1. The highest BCUT2D eigenvalue weighted by molar-refractivity contribution is 5.61. The molecule has 0 heterocycles. The molecule has 1 atom stereocenters. The molecule has 1 rings (SSSR count). The Morgan fingerprint density at radius 3 is 2.21 bits per heavy atom. The third-order valence-electron chi connectivity index (χ3n) is 3.18. The molecule has 0 aliphatic carbocycles. The number of nitrogens with zero attached hydrogens (tertiary/aromatic N) is 1. The van der Waals surface area contributed by atoms with Crippen molar-refractivity contribution in [3.63, 3.8) is 0 Å². The summed E-state index contributed by atoms with van der Waals surface area (Å²) in [5.74, 6) is 1.32. The minimum Gasteiger partial charge on any atom is -0.496 e. The number of hydrogen-bond donors (Lipinski definition) is 1. The van der Waals surface area contributed by atoms with E-state index in [1.165, 1.54) is 0 Å². The van der Waals surface area contributed by atoms with Gasteiger partial charge in [-0.2, -0.15) is 0 Å². The zero-order valence-corrected chi connectivity index (χ0v) is 13.0. The maximum absolute atomic E-state index is 10.1. The van der Waals surface area contributed by atoms with Crippen molar-refractivity contribution < 1.29 is 9.84 Å². The number of hydrogen-bond acceptors (Lipinski definition) is 3. The van der Waals surface area contributed by atoms with Crippen LogP contribution in [0.1, 0.15) is 46.3 Å². The molecular formula is C16H27NO2. The Hall–Kier alpha value is -1.22. The zero-order valence-electron chi connectivity index (χ0n) is 13.0. The van der Waals surface area contributed by atoms with Crippen molar-refractivity contribution in [2.75, 3.05) is 18.6 Å². The fourth-order valence-electron chi connectivity index (χ4n) is 2.36. The van der Waals surface area contributed by atoms with Crippen LogP contribution in [-0.2, 0) is 0 Å². The minimum absolute atomic E-state index is 0.381. The minimum atomic E-state index is -0.542. The molecular weight excluding hydrogens is 238 g/mol.